The number of carboxylic acid groups (broad SMARTS) is 1. The highest BCUT2D eigenvalue weighted by atomic mass is 16.4. The number of nitrogen functional groups attached to an aromatic ring is 1. The van der Waals surface area contributed by atoms with Crippen molar-refractivity contribution in [2.75, 3.05) is 5.73 Å². The summed E-state index contributed by atoms with van der Waals surface area (Å²) < 4.78 is 0. The summed E-state index contributed by atoms with van der Waals surface area (Å²) in [5, 5.41) is 24.6. The van der Waals surface area contributed by atoms with Crippen LogP contribution in [0, 0.1) is 5.41 Å². The number of anilines is 1. The van der Waals surface area contributed by atoms with Crippen LogP contribution in [0.5, 0.6) is 0 Å². The van der Waals surface area contributed by atoms with E-state index in [1.165, 1.54) is 6.21 Å². The van der Waals surface area contributed by atoms with Gasteiger partial charge in [-0.2, -0.15) is 5.10 Å². The van der Waals surface area contributed by atoms with Crippen LogP contribution in [0.4, 0.5) is 5.69 Å². The van der Waals surface area contributed by atoms with E-state index in [2.05, 4.69) is 29.3 Å². The predicted octanol–water partition coefficient (Wildman–Crippen LogP) is 5.61. The van der Waals surface area contributed by atoms with Gasteiger partial charge >= 0.3 is 5.97 Å². The number of carbonyl (C=O) groups is 1. The summed E-state index contributed by atoms with van der Waals surface area (Å²) in [6, 6.07) is 19.8. The van der Waals surface area contributed by atoms with Gasteiger partial charge in [-0.15, -0.1) is 0 Å². The molecule has 4 rings (SSSR count). The van der Waals surface area contributed by atoms with Crippen molar-refractivity contribution in [1.29, 1.82) is 5.41 Å². The van der Waals surface area contributed by atoms with Crippen LogP contribution in [0.25, 0.3) is 28.1 Å². The summed E-state index contributed by atoms with van der Waals surface area (Å²) in [5.74, 6) is -0.979. The Morgan fingerprint density at radius 2 is 1.79 bits per heavy atom. The van der Waals surface area contributed by atoms with E-state index in [4.69, 9.17) is 16.2 Å². The van der Waals surface area contributed by atoms with Crippen molar-refractivity contribution in [2.45, 2.75) is 13.3 Å². The Morgan fingerprint density at radius 1 is 1.06 bits per heavy atom. The van der Waals surface area contributed by atoms with Gasteiger partial charge in [-0.05, 0) is 64.1 Å². The number of hydrogen-bond acceptors (Lipinski definition) is 4. The molecule has 5 N–H and O–H groups in total. The predicted molar refractivity (Wildman–Crippen MR) is 134 cm³/mol. The Kier molecular flexibility index (Phi) is 6.17. The molecule has 0 fully saturated rings. The molecular formula is C27H24N4O2. The number of aromatic nitrogens is 2. The lowest BCUT2D eigenvalue weighted by Gasteiger charge is -2.17. The lowest BCUT2D eigenvalue weighted by atomic mass is 9.87. The van der Waals surface area contributed by atoms with Gasteiger partial charge in [-0.25, -0.2) is 4.79 Å². The summed E-state index contributed by atoms with van der Waals surface area (Å²) >= 11 is 0. The molecule has 0 atom stereocenters. The van der Waals surface area contributed by atoms with Crippen molar-refractivity contribution in [2.24, 2.45) is 0 Å². The Hall–Kier alpha value is -4.45. The molecule has 0 aliphatic heterocycles. The maximum atomic E-state index is 10.8. The topological polar surface area (TPSA) is 116 Å². The maximum Gasteiger partial charge on any atom is 0.328 e. The molecule has 0 amide bonds. The monoisotopic (exact) mass is 436 g/mol. The molecule has 0 bridgehead atoms. The van der Waals surface area contributed by atoms with Gasteiger partial charge < -0.3 is 16.2 Å². The van der Waals surface area contributed by atoms with Gasteiger partial charge in [0.1, 0.15) is 0 Å². The first-order valence-corrected chi connectivity index (χ1v) is 10.6. The molecule has 1 heterocycles. The first kappa shape index (κ1) is 21.8. The molecule has 6 heteroatoms. The quantitative estimate of drug-likeness (QED) is 0.130. The summed E-state index contributed by atoms with van der Waals surface area (Å²) in [7, 11) is 0. The van der Waals surface area contributed by atoms with E-state index in [1.807, 2.05) is 48.5 Å². The lowest BCUT2D eigenvalue weighted by molar-refractivity contribution is -0.131. The van der Waals surface area contributed by atoms with Crippen LogP contribution in [0.15, 0.2) is 72.9 Å². The van der Waals surface area contributed by atoms with Gasteiger partial charge in [0.05, 0.1) is 11.7 Å². The normalized spacial score (nSPS) is 12.2. The number of aromatic amines is 1. The van der Waals surface area contributed by atoms with Crippen LogP contribution < -0.4 is 5.73 Å². The zero-order chi connectivity index (χ0) is 23.4. The van der Waals surface area contributed by atoms with Crippen molar-refractivity contribution >= 4 is 46.0 Å². The van der Waals surface area contributed by atoms with Gasteiger partial charge in [0, 0.05) is 28.9 Å². The van der Waals surface area contributed by atoms with Crippen LogP contribution in [0.1, 0.15) is 41.2 Å². The molecule has 164 valence electrons. The number of benzene rings is 3. The smallest absolute Gasteiger partial charge is 0.328 e. The number of carboxylic acids is 1. The second kappa shape index (κ2) is 9.36. The molecule has 0 spiro atoms. The van der Waals surface area contributed by atoms with E-state index in [-0.39, 0.29) is 0 Å². The van der Waals surface area contributed by atoms with Crippen LogP contribution >= 0.6 is 0 Å². The van der Waals surface area contributed by atoms with Crippen molar-refractivity contribution in [3.63, 3.8) is 0 Å². The second-order valence-corrected chi connectivity index (χ2v) is 7.66. The van der Waals surface area contributed by atoms with E-state index in [1.54, 1.807) is 12.3 Å². The minimum absolute atomic E-state index is 0.562. The largest absolute Gasteiger partial charge is 0.478 e. The number of H-pyrrole nitrogens is 1. The standard InChI is InChI=1S/C27H24N4O2/c1-2-23(19-8-9-21(15-28)24(29)14-19)27(20-10-11-25-22(13-20)16-30-31-25)18-6-3-17(4-7-18)5-12-26(32)33/h3-16,28H,2,29H2,1H3,(H,30,31)(H,32,33)/b12-5+,27-23+,28-15?. The summed E-state index contributed by atoms with van der Waals surface area (Å²) in [4.78, 5) is 10.8. The number of rotatable bonds is 7. The van der Waals surface area contributed by atoms with Gasteiger partial charge in [-0.1, -0.05) is 49.4 Å². The highest BCUT2D eigenvalue weighted by Gasteiger charge is 2.15. The van der Waals surface area contributed by atoms with Crippen molar-refractivity contribution in [3.05, 3.63) is 101 Å². The van der Waals surface area contributed by atoms with E-state index in [0.717, 1.165) is 56.8 Å². The minimum atomic E-state index is -0.979. The average molecular weight is 437 g/mol. The Bertz CT molecular complexity index is 1400. The fourth-order valence-corrected chi connectivity index (χ4v) is 3.96. The third-order valence-electron chi connectivity index (χ3n) is 5.59. The Labute approximate surface area is 191 Å². The molecule has 0 aliphatic carbocycles. The molecule has 1 aromatic heterocycles. The van der Waals surface area contributed by atoms with E-state index in [9.17, 15) is 4.79 Å². The number of aliphatic carboxylic acids is 1. The molecule has 0 unspecified atom stereocenters. The fraction of sp³-hybridized carbons (Fsp3) is 0.0741. The zero-order valence-electron chi connectivity index (χ0n) is 18.2. The molecule has 0 radical (unpaired) electrons. The molecular weight excluding hydrogens is 412 g/mol. The van der Waals surface area contributed by atoms with Crippen LogP contribution in [-0.2, 0) is 4.79 Å². The number of fused-ring (bicyclic) bond motifs is 1. The summed E-state index contributed by atoms with van der Waals surface area (Å²) in [6.07, 6.45) is 6.53. The minimum Gasteiger partial charge on any atom is -0.478 e. The SMILES string of the molecule is CC/C(=C(/c1ccc(/C=C/C(=O)O)cc1)c1ccc2[nH]ncc2c1)c1ccc(C=N)c(N)c1. The highest BCUT2D eigenvalue weighted by Crippen LogP contribution is 2.36. The number of nitrogens with two attached hydrogens (primary N) is 1. The van der Waals surface area contributed by atoms with E-state index < -0.39 is 5.97 Å². The highest BCUT2D eigenvalue weighted by molar-refractivity contribution is 6.01. The molecule has 3 aromatic carbocycles. The van der Waals surface area contributed by atoms with Crippen LogP contribution in [0.2, 0.25) is 0 Å². The van der Waals surface area contributed by atoms with Crippen LogP contribution in [-0.4, -0.2) is 27.5 Å². The number of allylic oxidation sites excluding steroid dienone is 1. The fourth-order valence-electron chi connectivity index (χ4n) is 3.96. The van der Waals surface area contributed by atoms with Crippen LogP contribution in [0.3, 0.4) is 0 Å². The van der Waals surface area contributed by atoms with Gasteiger partial charge in [-0.3, -0.25) is 5.10 Å². The zero-order valence-corrected chi connectivity index (χ0v) is 18.2. The Morgan fingerprint density at radius 3 is 2.45 bits per heavy atom. The van der Waals surface area contributed by atoms with Gasteiger partial charge in [0.25, 0.3) is 0 Å². The third-order valence-corrected chi connectivity index (χ3v) is 5.59. The number of hydrogen-bond donors (Lipinski definition) is 4. The lowest BCUT2D eigenvalue weighted by Crippen LogP contribution is -1.98. The summed E-state index contributed by atoms with van der Waals surface area (Å²) in [5.41, 5.74) is 14.5. The third kappa shape index (κ3) is 4.60. The molecule has 0 saturated carbocycles. The van der Waals surface area contributed by atoms with Crippen molar-refractivity contribution in [1.82, 2.24) is 10.2 Å². The summed E-state index contributed by atoms with van der Waals surface area (Å²) in [6.45, 7) is 2.11. The average Bonchev–Trinajstić information content (AvgIpc) is 3.29. The number of nitrogens with zero attached hydrogens (tertiary/aromatic N) is 1. The van der Waals surface area contributed by atoms with E-state index >= 15 is 0 Å². The first-order valence-electron chi connectivity index (χ1n) is 10.6. The van der Waals surface area contributed by atoms with Crippen molar-refractivity contribution in [3.8, 4) is 0 Å². The van der Waals surface area contributed by atoms with E-state index in [0.29, 0.717) is 11.3 Å². The Balaban J connectivity index is 1.92. The molecule has 0 saturated heterocycles. The number of nitrogens with one attached hydrogen (secondary N) is 2. The molecule has 33 heavy (non-hydrogen) atoms. The first-order chi connectivity index (χ1) is 16.0. The molecule has 4 aromatic rings. The molecule has 0 aliphatic rings. The second-order valence-electron chi connectivity index (χ2n) is 7.66. The van der Waals surface area contributed by atoms with Crippen molar-refractivity contribution < 1.29 is 9.90 Å². The van der Waals surface area contributed by atoms with Gasteiger partial charge in [0.2, 0.25) is 0 Å². The van der Waals surface area contributed by atoms with Gasteiger partial charge in [0.15, 0.2) is 0 Å². The molecule has 6 nitrogen and oxygen atoms in total. The maximum absolute atomic E-state index is 10.8.